The molecule has 1 nitrogen and oxygen atoms in total. The van der Waals surface area contributed by atoms with Crippen molar-refractivity contribution in [3.8, 4) is 0 Å². The van der Waals surface area contributed by atoms with Crippen molar-refractivity contribution in [2.45, 2.75) is 84.5 Å². The maximum atomic E-state index is 12.9. The van der Waals surface area contributed by atoms with Gasteiger partial charge in [0.1, 0.15) is 0 Å². The maximum Gasteiger partial charge on any atom is 0.0927 e. The first-order valence-electron chi connectivity index (χ1n) is 7.07. The van der Waals surface area contributed by atoms with Gasteiger partial charge in [-0.1, -0.05) is 60.3 Å². The molecule has 0 aromatic rings. The molecule has 2 atom stereocenters. The van der Waals surface area contributed by atoms with Crippen molar-refractivity contribution >= 4 is 7.14 Å². The van der Waals surface area contributed by atoms with Crippen LogP contribution in [0.5, 0.6) is 0 Å². The van der Waals surface area contributed by atoms with Crippen molar-refractivity contribution in [2.75, 3.05) is 6.16 Å². The van der Waals surface area contributed by atoms with E-state index in [0.29, 0.717) is 11.3 Å². The first-order valence-corrected chi connectivity index (χ1v) is 9.10. The Bertz CT molecular complexity index is 211. The second-order valence-corrected chi connectivity index (χ2v) is 9.41. The van der Waals surface area contributed by atoms with Gasteiger partial charge in [0.25, 0.3) is 0 Å². The Balaban J connectivity index is 4.09. The van der Waals surface area contributed by atoms with Crippen molar-refractivity contribution in [2.24, 2.45) is 0 Å². The Morgan fingerprint density at radius 3 is 1.94 bits per heavy atom. The van der Waals surface area contributed by atoms with E-state index in [1.807, 2.05) is 0 Å². The maximum absolute atomic E-state index is 12.9. The van der Waals surface area contributed by atoms with Crippen LogP contribution in [0.15, 0.2) is 0 Å². The van der Waals surface area contributed by atoms with Gasteiger partial charge >= 0.3 is 0 Å². The van der Waals surface area contributed by atoms with Crippen LogP contribution in [-0.4, -0.2) is 17.5 Å². The SMILES string of the molecule is CCCCCCC[P@@](=O)(C(C)C)C(C)CC. The van der Waals surface area contributed by atoms with Gasteiger partial charge in [0.05, 0.1) is 7.14 Å². The molecule has 0 aromatic heterocycles. The zero-order chi connectivity index (χ0) is 12.6. The standard InChI is InChI=1S/C14H31OP/c1-6-8-9-10-11-12-16(15,13(3)4)14(5)7-2/h13-14H,6-12H2,1-5H3/t14?,16-/m1/s1. The molecule has 0 aromatic carbocycles. The number of unbranched alkanes of at least 4 members (excludes halogenated alkanes) is 4. The first-order chi connectivity index (χ1) is 7.49. The molecule has 0 amide bonds. The molecule has 0 saturated carbocycles. The minimum absolute atomic E-state index is 0.369. The van der Waals surface area contributed by atoms with E-state index in [9.17, 15) is 4.57 Å². The molecule has 0 aliphatic heterocycles. The van der Waals surface area contributed by atoms with E-state index in [2.05, 4.69) is 34.6 Å². The van der Waals surface area contributed by atoms with E-state index in [-0.39, 0.29) is 0 Å². The topological polar surface area (TPSA) is 17.1 Å². The summed E-state index contributed by atoms with van der Waals surface area (Å²) < 4.78 is 12.9. The van der Waals surface area contributed by atoms with Gasteiger partial charge < -0.3 is 4.57 Å². The molecule has 0 spiro atoms. The molecule has 0 N–H and O–H groups in total. The summed E-state index contributed by atoms with van der Waals surface area (Å²) in [5, 5.41) is 0. The summed E-state index contributed by atoms with van der Waals surface area (Å²) in [4.78, 5) is 0. The molecular weight excluding hydrogens is 215 g/mol. The number of rotatable bonds is 9. The van der Waals surface area contributed by atoms with E-state index in [1.54, 1.807) is 0 Å². The van der Waals surface area contributed by atoms with Gasteiger partial charge in [0, 0.05) is 17.5 Å². The van der Waals surface area contributed by atoms with Crippen LogP contribution in [0.25, 0.3) is 0 Å². The van der Waals surface area contributed by atoms with E-state index in [4.69, 9.17) is 0 Å². The van der Waals surface area contributed by atoms with Crippen LogP contribution in [0.4, 0.5) is 0 Å². The van der Waals surface area contributed by atoms with Gasteiger partial charge in [0.2, 0.25) is 0 Å². The lowest BCUT2D eigenvalue weighted by molar-refractivity contribution is 0.551. The van der Waals surface area contributed by atoms with Gasteiger partial charge in [0.15, 0.2) is 0 Å². The molecule has 0 aliphatic carbocycles. The smallest absolute Gasteiger partial charge is 0.0927 e. The summed E-state index contributed by atoms with van der Waals surface area (Å²) in [6.45, 7) is 10.8. The average Bonchev–Trinajstić information content (AvgIpc) is 2.27. The fraction of sp³-hybridized carbons (Fsp3) is 1.00. The Morgan fingerprint density at radius 1 is 0.938 bits per heavy atom. The average molecular weight is 246 g/mol. The van der Waals surface area contributed by atoms with Crippen molar-refractivity contribution in [3.63, 3.8) is 0 Å². The largest absolute Gasteiger partial charge is 0.323 e. The molecule has 2 heteroatoms. The highest BCUT2D eigenvalue weighted by Gasteiger charge is 2.30. The molecule has 0 heterocycles. The lowest BCUT2D eigenvalue weighted by Gasteiger charge is -2.27. The van der Waals surface area contributed by atoms with Crippen LogP contribution >= 0.6 is 7.14 Å². The number of hydrogen-bond donors (Lipinski definition) is 0. The van der Waals surface area contributed by atoms with Crippen LogP contribution in [0, 0.1) is 0 Å². The first kappa shape index (κ1) is 16.2. The van der Waals surface area contributed by atoms with Gasteiger partial charge in [-0.2, -0.15) is 0 Å². The quantitative estimate of drug-likeness (QED) is 0.386. The fourth-order valence-corrected chi connectivity index (χ4v) is 5.57. The lowest BCUT2D eigenvalue weighted by Crippen LogP contribution is -2.13. The highest BCUT2D eigenvalue weighted by molar-refractivity contribution is 7.65. The molecule has 0 radical (unpaired) electrons. The van der Waals surface area contributed by atoms with Crippen LogP contribution in [0.2, 0.25) is 0 Å². The van der Waals surface area contributed by atoms with Crippen molar-refractivity contribution < 1.29 is 4.57 Å². The third kappa shape index (κ3) is 5.04. The van der Waals surface area contributed by atoms with E-state index in [1.165, 1.54) is 32.1 Å². The summed E-state index contributed by atoms with van der Waals surface area (Å²) in [5.41, 5.74) is 0.785. The Hall–Kier alpha value is 0.230. The molecule has 98 valence electrons. The number of hydrogen-bond acceptors (Lipinski definition) is 1. The van der Waals surface area contributed by atoms with Crippen molar-refractivity contribution in [3.05, 3.63) is 0 Å². The fourth-order valence-electron chi connectivity index (χ4n) is 2.26. The molecular formula is C14H31OP. The monoisotopic (exact) mass is 246 g/mol. The summed E-state index contributed by atoms with van der Waals surface area (Å²) in [7, 11) is -1.93. The zero-order valence-electron chi connectivity index (χ0n) is 12.0. The second kappa shape index (κ2) is 8.34. The van der Waals surface area contributed by atoms with E-state index >= 15 is 0 Å². The molecule has 0 fully saturated rings. The van der Waals surface area contributed by atoms with Crippen LogP contribution < -0.4 is 0 Å². The third-order valence-electron chi connectivity index (χ3n) is 3.82. The molecule has 0 saturated heterocycles. The highest BCUT2D eigenvalue weighted by atomic mass is 31.2. The van der Waals surface area contributed by atoms with Crippen LogP contribution in [-0.2, 0) is 4.57 Å². The lowest BCUT2D eigenvalue weighted by atomic mass is 10.2. The van der Waals surface area contributed by atoms with E-state index < -0.39 is 7.14 Å². The second-order valence-electron chi connectivity index (χ2n) is 5.34. The highest BCUT2D eigenvalue weighted by Crippen LogP contribution is 2.56. The summed E-state index contributed by atoms with van der Waals surface area (Å²) in [6, 6.07) is 0. The third-order valence-corrected chi connectivity index (χ3v) is 8.44. The summed E-state index contributed by atoms with van der Waals surface area (Å²) in [6.07, 6.45) is 8.40. The molecule has 16 heavy (non-hydrogen) atoms. The summed E-state index contributed by atoms with van der Waals surface area (Å²) >= 11 is 0. The Morgan fingerprint density at radius 2 is 1.50 bits per heavy atom. The predicted molar refractivity (Wildman–Crippen MR) is 76.1 cm³/mol. The Labute approximate surface area is 103 Å². The van der Waals surface area contributed by atoms with Gasteiger partial charge in [-0.3, -0.25) is 0 Å². The zero-order valence-corrected chi connectivity index (χ0v) is 12.9. The minimum atomic E-state index is -1.93. The minimum Gasteiger partial charge on any atom is -0.323 e. The molecule has 0 bridgehead atoms. The molecule has 1 unspecified atom stereocenters. The van der Waals surface area contributed by atoms with Gasteiger partial charge in [-0.05, 0) is 12.8 Å². The molecule has 0 rings (SSSR count). The Kier molecular flexibility index (Phi) is 8.46. The summed E-state index contributed by atoms with van der Waals surface area (Å²) in [5.74, 6) is 0. The van der Waals surface area contributed by atoms with Gasteiger partial charge in [-0.25, -0.2) is 0 Å². The van der Waals surface area contributed by atoms with Gasteiger partial charge in [-0.15, -0.1) is 0 Å². The predicted octanol–water partition coefficient (Wildman–Crippen LogP) is 5.53. The van der Waals surface area contributed by atoms with Crippen LogP contribution in [0.1, 0.15) is 73.1 Å². The normalized spacial score (nSPS) is 17.4. The van der Waals surface area contributed by atoms with Crippen molar-refractivity contribution in [1.82, 2.24) is 0 Å². The van der Waals surface area contributed by atoms with E-state index in [0.717, 1.165) is 12.6 Å². The van der Waals surface area contributed by atoms with Crippen LogP contribution in [0.3, 0.4) is 0 Å². The molecule has 0 aliphatic rings. The van der Waals surface area contributed by atoms with Crippen molar-refractivity contribution in [1.29, 1.82) is 0 Å².